The smallest absolute Gasteiger partial charge is 0.249 e. The molecule has 3 nitrogen and oxygen atoms in total. The van der Waals surface area contributed by atoms with E-state index in [-0.39, 0.29) is 10.6 Å². The number of halogens is 2. The van der Waals surface area contributed by atoms with Crippen LogP contribution in [0.3, 0.4) is 0 Å². The normalized spacial score (nSPS) is 10.3. The van der Waals surface area contributed by atoms with Gasteiger partial charge < -0.3 is 11.5 Å². The molecule has 2 rings (SSSR count). The SMILES string of the molecule is NC(=O)c1cc(N)ccc1-c1cc(F)cc(Cl)c1. The fourth-order valence-corrected chi connectivity index (χ4v) is 1.95. The summed E-state index contributed by atoms with van der Waals surface area (Å²) in [5.74, 6) is -1.11. The topological polar surface area (TPSA) is 69.1 Å². The molecular weight excluding hydrogens is 255 g/mol. The monoisotopic (exact) mass is 264 g/mol. The van der Waals surface area contributed by atoms with Crippen molar-refractivity contribution in [2.24, 2.45) is 5.73 Å². The van der Waals surface area contributed by atoms with E-state index in [4.69, 9.17) is 23.1 Å². The first-order valence-corrected chi connectivity index (χ1v) is 5.51. The lowest BCUT2D eigenvalue weighted by molar-refractivity contribution is 0.100. The molecule has 0 atom stereocenters. The number of primary amides is 1. The number of carbonyl (C=O) groups excluding carboxylic acids is 1. The van der Waals surface area contributed by atoms with Gasteiger partial charge in [-0.1, -0.05) is 17.7 Å². The van der Waals surface area contributed by atoms with Crippen LogP contribution in [0.25, 0.3) is 11.1 Å². The Balaban J connectivity index is 2.66. The molecule has 18 heavy (non-hydrogen) atoms. The van der Waals surface area contributed by atoms with Gasteiger partial charge in [0, 0.05) is 16.3 Å². The van der Waals surface area contributed by atoms with Gasteiger partial charge in [-0.3, -0.25) is 4.79 Å². The molecule has 0 saturated heterocycles. The summed E-state index contributed by atoms with van der Waals surface area (Å²) in [6.45, 7) is 0. The Morgan fingerprint density at radius 3 is 2.50 bits per heavy atom. The second-order valence-electron chi connectivity index (χ2n) is 3.83. The van der Waals surface area contributed by atoms with Gasteiger partial charge in [-0.15, -0.1) is 0 Å². The van der Waals surface area contributed by atoms with Crippen LogP contribution in [0.4, 0.5) is 10.1 Å². The van der Waals surface area contributed by atoms with E-state index in [0.717, 1.165) is 0 Å². The van der Waals surface area contributed by atoms with Crippen molar-refractivity contribution in [3.05, 3.63) is 52.8 Å². The van der Waals surface area contributed by atoms with Crippen LogP contribution in [-0.2, 0) is 0 Å². The Morgan fingerprint density at radius 1 is 1.17 bits per heavy atom. The Hall–Kier alpha value is -2.07. The van der Waals surface area contributed by atoms with Crippen molar-refractivity contribution in [2.45, 2.75) is 0 Å². The van der Waals surface area contributed by atoms with Crippen molar-refractivity contribution in [3.63, 3.8) is 0 Å². The second kappa shape index (κ2) is 4.66. The predicted octanol–water partition coefficient (Wildman–Crippen LogP) is 2.83. The van der Waals surface area contributed by atoms with Crippen LogP contribution in [0.15, 0.2) is 36.4 Å². The summed E-state index contributed by atoms with van der Waals surface area (Å²) >= 11 is 5.78. The lowest BCUT2D eigenvalue weighted by Crippen LogP contribution is -2.12. The highest BCUT2D eigenvalue weighted by molar-refractivity contribution is 6.30. The van der Waals surface area contributed by atoms with E-state index >= 15 is 0 Å². The maximum atomic E-state index is 13.3. The van der Waals surface area contributed by atoms with Gasteiger partial charge >= 0.3 is 0 Å². The fraction of sp³-hybridized carbons (Fsp3) is 0. The standard InChI is InChI=1S/C13H10ClFN2O/c14-8-3-7(4-9(15)5-8)11-2-1-10(16)6-12(11)13(17)18/h1-6H,16H2,(H2,17,18). The zero-order valence-electron chi connectivity index (χ0n) is 9.28. The van der Waals surface area contributed by atoms with E-state index in [1.807, 2.05) is 0 Å². The van der Waals surface area contributed by atoms with E-state index in [1.54, 1.807) is 18.2 Å². The molecule has 0 radical (unpaired) electrons. The van der Waals surface area contributed by atoms with Crippen molar-refractivity contribution >= 4 is 23.2 Å². The van der Waals surface area contributed by atoms with Crippen molar-refractivity contribution < 1.29 is 9.18 Å². The molecule has 4 N–H and O–H groups in total. The van der Waals surface area contributed by atoms with Gasteiger partial charge in [0.05, 0.1) is 0 Å². The summed E-state index contributed by atoms with van der Waals surface area (Å²) in [6.07, 6.45) is 0. The third-order valence-electron chi connectivity index (χ3n) is 2.48. The van der Waals surface area contributed by atoms with Crippen molar-refractivity contribution in [2.75, 3.05) is 5.73 Å². The van der Waals surface area contributed by atoms with Gasteiger partial charge in [0.2, 0.25) is 5.91 Å². The van der Waals surface area contributed by atoms with Crippen LogP contribution in [0, 0.1) is 5.82 Å². The molecule has 0 spiro atoms. The molecule has 0 saturated carbocycles. The minimum Gasteiger partial charge on any atom is -0.399 e. The highest BCUT2D eigenvalue weighted by atomic mass is 35.5. The van der Waals surface area contributed by atoms with Crippen LogP contribution in [0.2, 0.25) is 5.02 Å². The molecule has 5 heteroatoms. The zero-order valence-corrected chi connectivity index (χ0v) is 10.0. The molecule has 92 valence electrons. The highest BCUT2D eigenvalue weighted by Gasteiger charge is 2.12. The summed E-state index contributed by atoms with van der Waals surface area (Å²) in [4.78, 5) is 11.4. The van der Waals surface area contributed by atoms with Crippen molar-refractivity contribution in [3.8, 4) is 11.1 Å². The number of nitrogens with two attached hydrogens (primary N) is 2. The first kappa shape index (κ1) is 12.4. The molecule has 0 aliphatic carbocycles. The largest absolute Gasteiger partial charge is 0.399 e. The molecule has 0 aromatic heterocycles. The van der Waals surface area contributed by atoms with Gasteiger partial charge in [0.15, 0.2) is 0 Å². The van der Waals surface area contributed by atoms with E-state index in [1.165, 1.54) is 18.2 Å². The highest BCUT2D eigenvalue weighted by Crippen LogP contribution is 2.28. The zero-order chi connectivity index (χ0) is 13.3. The Morgan fingerprint density at radius 2 is 1.89 bits per heavy atom. The number of anilines is 1. The average molecular weight is 265 g/mol. The Labute approximate surface area is 108 Å². The summed E-state index contributed by atoms with van der Waals surface area (Å²) in [6, 6.07) is 8.70. The number of benzene rings is 2. The number of rotatable bonds is 2. The predicted molar refractivity (Wildman–Crippen MR) is 69.8 cm³/mol. The molecule has 2 aromatic rings. The molecule has 0 bridgehead atoms. The number of nitrogen functional groups attached to an aromatic ring is 1. The van der Waals surface area contributed by atoms with Crippen LogP contribution in [-0.4, -0.2) is 5.91 Å². The molecule has 0 fully saturated rings. The van der Waals surface area contributed by atoms with Gasteiger partial charge in [-0.2, -0.15) is 0 Å². The molecule has 0 aliphatic heterocycles. The lowest BCUT2D eigenvalue weighted by Gasteiger charge is -2.08. The maximum Gasteiger partial charge on any atom is 0.249 e. The lowest BCUT2D eigenvalue weighted by atomic mass is 9.98. The van der Waals surface area contributed by atoms with Gasteiger partial charge in [-0.05, 0) is 41.5 Å². The quantitative estimate of drug-likeness (QED) is 0.819. The average Bonchev–Trinajstić information content (AvgIpc) is 2.27. The summed E-state index contributed by atoms with van der Waals surface area (Å²) < 4.78 is 13.3. The van der Waals surface area contributed by atoms with Gasteiger partial charge in [-0.25, -0.2) is 4.39 Å². The summed E-state index contributed by atoms with van der Waals surface area (Å²) in [7, 11) is 0. The third-order valence-corrected chi connectivity index (χ3v) is 2.70. The number of hydrogen-bond acceptors (Lipinski definition) is 2. The van der Waals surface area contributed by atoms with Crippen molar-refractivity contribution in [1.29, 1.82) is 0 Å². The van der Waals surface area contributed by atoms with Gasteiger partial charge in [0.1, 0.15) is 5.82 Å². The minimum atomic E-state index is -0.627. The number of amides is 1. The van der Waals surface area contributed by atoms with Crippen LogP contribution < -0.4 is 11.5 Å². The fourth-order valence-electron chi connectivity index (χ4n) is 1.73. The number of hydrogen-bond donors (Lipinski definition) is 2. The first-order chi connectivity index (χ1) is 8.47. The van der Waals surface area contributed by atoms with E-state index in [9.17, 15) is 9.18 Å². The van der Waals surface area contributed by atoms with Crippen LogP contribution in [0.5, 0.6) is 0 Å². The molecule has 1 amide bonds. The Kier molecular flexibility index (Phi) is 3.21. The van der Waals surface area contributed by atoms with E-state index in [2.05, 4.69) is 0 Å². The number of carbonyl (C=O) groups is 1. The maximum absolute atomic E-state index is 13.3. The molecule has 0 aliphatic rings. The van der Waals surface area contributed by atoms with Crippen LogP contribution in [0.1, 0.15) is 10.4 Å². The molecule has 2 aromatic carbocycles. The van der Waals surface area contributed by atoms with Crippen LogP contribution >= 0.6 is 11.6 Å². The second-order valence-corrected chi connectivity index (χ2v) is 4.26. The summed E-state index contributed by atoms with van der Waals surface area (Å²) in [5, 5.41) is 0.247. The summed E-state index contributed by atoms with van der Waals surface area (Å²) in [5.41, 5.74) is 12.5. The van der Waals surface area contributed by atoms with E-state index in [0.29, 0.717) is 16.8 Å². The molecule has 0 unspecified atom stereocenters. The van der Waals surface area contributed by atoms with Crippen molar-refractivity contribution in [1.82, 2.24) is 0 Å². The third kappa shape index (κ3) is 2.43. The minimum absolute atomic E-state index is 0.233. The van der Waals surface area contributed by atoms with Gasteiger partial charge in [0.25, 0.3) is 0 Å². The molecular formula is C13H10ClFN2O. The van der Waals surface area contributed by atoms with E-state index < -0.39 is 11.7 Å². The first-order valence-electron chi connectivity index (χ1n) is 5.13. The Bertz CT molecular complexity index is 608. The molecule has 0 heterocycles.